The summed E-state index contributed by atoms with van der Waals surface area (Å²) < 4.78 is 0. The summed E-state index contributed by atoms with van der Waals surface area (Å²) in [4.78, 5) is 14.3. The molecule has 0 unspecified atom stereocenters. The van der Waals surface area contributed by atoms with Crippen LogP contribution in [0.5, 0.6) is 0 Å². The monoisotopic (exact) mass is 260 g/mol. The normalized spacial score (nSPS) is 18.3. The maximum absolute atomic E-state index is 12.2. The van der Waals surface area contributed by atoms with Crippen LogP contribution in [0, 0.1) is 5.41 Å². The molecule has 1 aromatic rings. The Morgan fingerprint density at radius 1 is 1.32 bits per heavy atom. The van der Waals surface area contributed by atoms with Gasteiger partial charge >= 0.3 is 0 Å². The van der Waals surface area contributed by atoms with E-state index < -0.39 is 0 Å². The number of anilines is 1. The number of nitrogen functional groups attached to an aromatic ring is 1. The van der Waals surface area contributed by atoms with Crippen LogP contribution in [0.15, 0.2) is 24.3 Å². The van der Waals surface area contributed by atoms with Crippen molar-refractivity contribution >= 4 is 11.6 Å². The van der Waals surface area contributed by atoms with Crippen molar-refractivity contribution in [1.82, 2.24) is 4.90 Å². The minimum atomic E-state index is 0.273. The molecule has 0 bridgehead atoms. The molecule has 2 rings (SSSR count). The highest BCUT2D eigenvalue weighted by molar-refractivity contribution is 5.76. The van der Waals surface area contributed by atoms with E-state index in [1.165, 1.54) is 12.0 Å². The predicted molar refractivity (Wildman–Crippen MR) is 78.8 cm³/mol. The Balaban J connectivity index is 1.85. The highest BCUT2D eigenvalue weighted by Crippen LogP contribution is 2.28. The van der Waals surface area contributed by atoms with Crippen LogP contribution in [0.4, 0.5) is 5.69 Å². The first-order valence-corrected chi connectivity index (χ1v) is 7.08. The third-order valence-corrected chi connectivity index (χ3v) is 3.86. The molecule has 1 heterocycles. The van der Waals surface area contributed by atoms with Gasteiger partial charge in [0.1, 0.15) is 0 Å². The average molecular weight is 260 g/mol. The summed E-state index contributed by atoms with van der Waals surface area (Å²) >= 11 is 0. The number of nitrogens with two attached hydrogens (primary N) is 1. The fraction of sp³-hybridized carbons (Fsp3) is 0.562. The number of carbonyl (C=O) groups excluding carboxylic acids is 1. The number of likely N-dealkylation sites (tertiary alicyclic amines) is 1. The highest BCUT2D eigenvalue weighted by atomic mass is 16.2. The van der Waals surface area contributed by atoms with Crippen LogP contribution in [0.1, 0.15) is 38.7 Å². The molecule has 1 saturated heterocycles. The Bertz CT molecular complexity index is 437. The standard InChI is InChI=1S/C16H24N2O/c1-16(2)10-3-11-18(12-16)15(19)9-6-13-4-7-14(17)8-5-13/h4-5,7-8H,3,6,9-12,17H2,1-2H3. The van der Waals surface area contributed by atoms with E-state index in [1.807, 2.05) is 29.2 Å². The first-order chi connectivity index (χ1) is 8.96. The molecule has 0 spiro atoms. The minimum absolute atomic E-state index is 0.273. The van der Waals surface area contributed by atoms with Gasteiger partial charge in [0.25, 0.3) is 0 Å². The third-order valence-electron chi connectivity index (χ3n) is 3.86. The van der Waals surface area contributed by atoms with Gasteiger partial charge in [0, 0.05) is 25.2 Å². The highest BCUT2D eigenvalue weighted by Gasteiger charge is 2.28. The number of hydrogen-bond acceptors (Lipinski definition) is 2. The van der Waals surface area contributed by atoms with Gasteiger partial charge in [0.15, 0.2) is 0 Å². The van der Waals surface area contributed by atoms with E-state index in [-0.39, 0.29) is 11.3 Å². The van der Waals surface area contributed by atoms with Gasteiger partial charge in [0.2, 0.25) is 5.91 Å². The molecule has 2 N–H and O–H groups in total. The van der Waals surface area contributed by atoms with Gasteiger partial charge in [-0.3, -0.25) is 4.79 Å². The number of aryl methyl sites for hydroxylation is 1. The number of nitrogens with zero attached hydrogens (tertiary/aromatic N) is 1. The fourth-order valence-electron chi connectivity index (χ4n) is 2.73. The fourth-order valence-corrected chi connectivity index (χ4v) is 2.73. The molecule has 3 nitrogen and oxygen atoms in total. The summed E-state index contributed by atoms with van der Waals surface area (Å²) in [5.41, 5.74) is 7.88. The van der Waals surface area contributed by atoms with Crippen molar-refractivity contribution in [2.75, 3.05) is 18.8 Å². The Morgan fingerprint density at radius 2 is 2.00 bits per heavy atom. The maximum atomic E-state index is 12.2. The van der Waals surface area contributed by atoms with E-state index in [4.69, 9.17) is 5.73 Å². The molecule has 0 radical (unpaired) electrons. The maximum Gasteiger partial charge on any atom is 0.222 e. The van der Waals surface area contributed by atoms with Crippen molar-refractivity contribution in [2.24, 2.45) is 5.41 Å². The molecule has 0 saturated carbocycles. The summed E-state index contributed by atoms with van der Waals surface area (Å²) in [5.74, 6) is 0.282. The quantitative estimate of drug-likeness (QED) is 0.849. The topological polar surface area (TPSA) is 46.3 Å². The predicted octanol–water partition coefficient (Wildman–Crippen LogP) is 2.85. The minimum Gasteiger partial charge on any atom is -0.399 e. The van der Waals surface area contributed by atoms with Crippen LogP contribution < -0.4 is 5.73 Å². The van der Waals surface area contributed by atoms with Crippen LogP contribution >= 0.6 is 0 Å². The van der Waals surface area contributed by atoms with Gasteiger partial charge < -0.3 is 10.6 Å². The van der Waals surface area contributed by atoms with Crippen molar-refractivity contribution in [2.45, 2.75) is 39.5 Å². The first kappa shape index (κ1) is 13.9. The van der Waals surface area contributed by atoms with E-state index in [9.17, 15) is 4.79 Å². The van der Waals surface area contributed by atoms with Crippen LogP contribution in [-0.4, -0.2) is 23.9 Å². The molecule has 0 aromatic heterocycles. The zero-order valence-electron chi connectivity index (χ0n) is 12.0. The van der Waals surface area contributed by atoms with Gasteiger partial charge in [-0.2, -0.15) is 0 Å². The number of amides is 1. The molecule has 1 aliphatic heterocycles. The summed E-state index contributed by atoms with van der Waals surface area (Å²) in [6, 6.07) is 7.79. The smallest absolute Gasteiger partial charge is 0.222 e. The van der Waals surface area contributed by atoms with E-state index in [0.717, 1.165) is 31.6 Å². The second-order valence-electron chi connectivity index (χ2n) is 6.32. The van der Waals surface area contributed by atoms with Gasteiger partial charge in [-0.25, -0.2) is 0 Å². The number of rotatable bonds is 3. The summed E-state index contributed by atoms with van der Waals surface area (Å²) in [6.45, 7) is 6.30. The number of piperidine rings is 1. The lowest BCUT2D eigenvalue weighted by Gasteiger charge is -2.38. The zero-order chi connectivity index (χ0) is 13.9. The van der Waals surface area contributed by atoms with Gasteiger partial charge in [-0.1, -0.05) is 26.0 Å². The number of benzene rings is 1. The number of carbonyl (C=O) groups is 1. The average Bonchev–Trinajstić information content (AvgIpc) is 2.36. The van der Waals surface area contributed by atoms with E-state index >= 15 is 0 Å². The van der Waals surface area contributed by atoms with Crippen molar-refractivity contribution in [3.63, 3.8) is 0 Å². The van der Waals surface area contributed by atoms with E-state index in [2.05, 4.69) is 13.8 Å². The molecule has 1 aromatic carbocycles. The molecule has 0 atom stereocenters. The molecule has 1 amide bonds. The summed E-state index contributed by atoms with van der Waals surface area (Å²) in [6.07, 6.45) is 3.74. The molecule has 19 heavy (non-hydrogen) atoms. The Kier molecular flexibility index (Phi) is 4.13. The van der Waals surface area contributed by atoms with Gasteiger partial charge in [0.05, 0.1) is 0 Å². The zero-order valence-corrected chi connectivity index (χ0v) is 12.0. The molecule has 3 heteroatoms. The van der Waals surface area contributed by atoms with E-state index in [0.29, 0.717) is 6.42 Å². The van der Waals surface area contributed by atoms with Crippen molar-refractivity contribution in [1.29, 1.82) is 0 Å². The van der Waals surface area contributed by atoms with Crippen molar-refractivity contribution < 1.29 is 4.79 Å². The van der Waals surface area contributed by atoms with Crippen LogP contribution in [0.3, 0.4) is 0 Å². The van der Waals surface area contributed by atoms with Crippen LogP contribution in [0.2, 0.25) is 0 Å². The lowest BCUT2D eigenvalue weighted by atomic mass is 9.84. The first-order valence-electron chi connectivity index (χ1n) is 7.08. The molecule has 1 fully saturated rings. The molecular weight excluding hydrogens is 236 g/mol. The Hall–Kier alpha value is -1.51. The summed E-state index contributed by atoms with van der Waals surface area (Å²) in [7, 11) is 0. The Morgan fingerprint density at radius 3 is 2.63 bits per heavy atom. The SMILES string of the molecule is CC1(C)CCCN(C(=O)CCc2ccc(N)cc2)C1. The van der Waals surface area contributed by atoms with Gasteiger partial charge in [-0.15, -0.1) is 0 Å². The largest absolute Gasteiger partial charge is 0.399 e. The summed E-state index contributed by atoms with van der Waals surface area (Å²) in [5, 5.41) is 0. The van der Waals surface area contributed by atoms with Crippen LogP contribution in [0.25, 0.3) is 0 Å². The lowest BCUT2D eigenvalue weighted by Crippen LogP contribution is -2.43. The molecule has 1 aliphatic rings. The molecular formula is C16H24N2O. The van der Waals surface area contributed by atoms with E-state index in [1.54, 1.807) is 0 Å². The Labute approximate surface area is 115 Å². The molecule has 0 aliphatic carbocycles. The number of hydrogen-bond donors (Lipinski definition) is 1. The van der Waals surface area contributed by atoms with Crippen molar-refractivity contribution in [3.05, 3.63) is 29.8 Å². The van der Waals surface area contributed by atoms with Gasteiger partial charge in [-0.05, 0) is 42.4 Å². The van der Waals surface area contributed by atoms with Crippen molar-refractivity contribution in [3.8, 4) is 0 Å². The van der Waals surface area contributed by atoms with Crippen LogP contribution in [-0.2, 0) is 11.2 Å². The second-order valence-corrected chi connectivity index (χ2v) is 6.32. The molecule has 104 valence electrons. The lowest BCUT2D eigenvalue weighted by molar-refractivity contribution is -0.134. The third kappa shape index (κ3) is 3.98. The second kappa shape index (κ2) is 5.64.